The first kappa shape index (κ1) is 14.7. The Kier molecular flexibility index (Phi) is 4.49. The van der Waals surface area contributed by atoms with Crippen LogP contribution in [0.15, 0.2) is 35.7 Å². The summed E-state index contributed by atoms with van der Waals surface area (Å²) < 4.78 is 1.91. The summed E-state index contributed by atoms with van der Waals surface area (Å²) in [6, 6.07) is 6.01. The molecule has 0 fully saturated rings. The van der Waals surface area contributed by atoms with Crippen molar-refractivity contribution >= 4 is 23.4 Å². The van der Waals surface area contributed by atoms with Gasteiger partial charge in [0.15, 0.2) is 5.16 Å². The van der Waals surface area contributed by atoms with E-state index in [4.69, 9.17) is 0 Å². The number of nitrogens with zero attached hydrogens (tertiary/aromatic N) is 2. The molecule has 1 atom stereocenters. The number of carbonyl (C=O) groups excluding carboxylic acids is 1. The topological polar surface area (TPSA) is 46.9 Å². The van der Waals surface area contributed by atoms with Crippen LogP contribution >= 0.6 is 11.8 Å². The Balaban J connectivity index is 2.02. The number of benzene rings is 1. The van der Waals surface area contributed by atoms with E-state index >= 15 is 0 Å². The third kappa shape index (κ3) is 3.42. The fraction of sp³-hybridized carbons (Fsp3) is 0.333. The SMILES string of the molecule is Cc1ccc(NC(=O)C(C)Sc2nccn2C)c(C)c1. The summed E-state index contributed by atoms with van der Waals surface area (Å²) in [5.74, 6) is -0.00930. The van der Waals surface area contributed by atoms with Crippen LogP contribution in [-0.4, -0.2) is 20.7 Å². The molecule has 1 unspecified atom stereocenters. The molecule has 0 spiro atoms. The van der Waals surface area contributed by atoms with Crippen molar-refractivity contribution in [2.24, 2.45) is 7.05 Å². The zero-order valence-corrected chi connectivity index (χ0v) is 13.0. The minimum absolute atomic E-state index is 0.00930. The number of hydrogen-bond acceptors (Lipinski definition) is 3. The van der Waals surface area contributed by atoms with Crippen molar-refractivity contribution in [3.05, 3.63) is 41.7 Å². The van der Waals surface area contributed by atoms with Crippen LogP contribution in [0, 0.1) is 13.8 Å². The normalized spacial score (nSPS) is 12.2. The molecule has 0 radical (unpaired) electrons. The number of thioether (sulfide) groups is 1. The van der Waals surface area contributed by atoms with Crippen molar-refractivity contribution in [2.45, 2.75) is 31.2 Å². The first-order valence-corrected chi connectivity index (χ1v) is 7.37. The van der Waals surface area contributed by atoms with Crippen molar-refractivity contribution in [2.75, 3.05) is 5.32 Å². The van der Waals surface area contributed by atoms with E-state index in [9.17, 15) is 4.79 Å². The average molecular weight is 289 g/mol. The van der Waals surface area contributed by atoms with Gasteiger partial charge < -0.3 is 9.88 Å². The van der Waals surface area contributed by atoms with Crippen LogP contribution in [0.4, 0.5) is 5.69 Å². The predicted molar refractivity (Wildman–Crippen MR) is 83.1 cm³/mol. The summed E-state index contributed by atoms with van der Waals surface area (Å²) in [7, 11) is 1.92. The van der Waals surface area contributed by atoms with Gasteiger partial charge in [-0.05, 0) is 32.4 Å². The zero-order valence-electron chi connectivity index (χ0n) is 12.2. The average Bonchev–Trinajstić information content (AvgIpc) is 2.78. The minimum Gasteiger partial charge on any atom is -0.329 e. The Hall–Kier alpha value is -1.75. The lowest BCUT2D eigenvalue weighted by Gasteiger charge is -2.13. The molecule has 1 amide bonds. The molecule has 0 aliphatic heterocycles. The molecule has 1 aromatic heterocycles. The Morgan fingerprint density at radius 3 is 2.75 bits per heavy atom. The Morgan fingerprint density at radius 2 is 2.15 bits per heavy atom. The van der Waals surface area contributed by atoms with E-state index < -0.39 is 0 Å². The molecular formula is C15H19N3OS. The Labute approximate surface area is 123 Å². The van der Waals surface area contributed by atoms with E-state index in [1.54, 1.807) is 6.20 Å². The van der Waals surface area contributed by atoms with Crippen LogP contribution in [0.2, 0.25) is 0 Å². The molecular weight excluding hydrogens is 270 g/mol. The number of anilines is 1. The van der Waals surface area contributed by atoms with Gasteiger partial charge in [-0.25, -0.2) is 4.98 Å². The quantitative estimate of drug-likeness (QED) is 0.880. The largest absolute Gasteiger partial charge is 0.329 e. The molecule has 4 nitrogen and oxygen atoms in total. The summed E-state index contributed by atoms with van der Waals surface area (Å²) in [5.41, 5.74) is 3.14. The number of hydrogen-bond donors (Lipinski definition) is 1. The maximum atomic E-state index is 12.2. The van der Waals surface area contributed by atoms with Gasteiger partial charge in [0.2, 0.25) is 5.91 Å². The van der Waals surface area contributed by atoms with E-state index in [0.29, 0.717) is 0 Å². The molecule has 1 aromatic carbocycles. The zero-order chi connectivity index (χ0) is 14.7. The van der Waals surface area contributed by atoms with Gasteiger partial charge >= 0.3 is 0 Å². The van der Waals surface area contributed by atoms with Crippen molar-refractivity contribution in [1.82, 2.24) is 9.55 Å². The lowest BCUT2D eigenvalue weighted by atomic mass is 10.1. The van der Waals surface area contributed by atoms with Gasteiger partial charge in [0.25, 0.3) is 0 Å². The summed E-state index contributed by atoms with van der Waals surface area (Å²) in [6.07, 6.45) is 3.61. The van der Waals surface area contributed by atoms with E-state index in [-0.39, 0.29) is 11.2 Å². The van der Waals surface area contributed by atoms with Crippen molar-refractivity contribution < 1.29 is 4.79 Å². The lowest BCUT2D eigenvalue weighted by Crippen LogP contribution is -2.23. The molecule has 2 rings (SSSR count). The van der Waals surface area contributed by atoms with Crippen molar-refractivity contribution in [3.63, 3.8) is 0 Å². The van der Waals surface area contributed by atoms with Crippen LogP contribution < -0.4 is 5.32 Å². The Morgan fingerprint density at radius 1 is 1.40 bits per heavy atom. The van der Waals surface area contributed by atoms with Crippen LogP contribution in [-0.2, 0) is 11.8 Å². The number of aryl methyl sites for hydroxylation is 3. The van der Waals surface area contributed by atoms with Gasteiger partial charge in [-0.3, -0.25) is 4.79 Å². The number of carbonyl (C=O) groups is 1. The highest BCUT2D eigenvalue weighted by Gasteiger charge is 2.17. The molecule has 0 aliphatic rings. The number of aromatic nitrogens is 2. The second-order valence-electron chi connectivity index (χ2n) is 4.89. The second kappa shape index (κ2) is 6.13. The molecule has 5 heteroatoms. The summed E-state index contributed by atoms with van der Waals surface area (Å²) in [4.78, 5) is 16.4. The fourth-order valence-corrected chi connectivity index (χ4v) is 2.70. The van der Waals surface area contributed by atoms with Gasteiger partial charge in [-0.15, -0.1) is 0 Å². The van der Waals surface area contributed by atoms with Crippen molar-refractivity contribution in [3.8, 4) is 0 Å². The highest BCUT2D eigenvalue weighted by Crippen LogP contribution is 2.23. The highest BCUT2D eigenvalue weighted by molar-refractivity contribution is 8.00. The lowest BCUT2D eigenvalue weighted by molar-refractivity contribution is -0.115. The summed E-state index contributed by atoms with van der Waals surface area (Å²) in [5, 5.41) is 3.62. The number of nitrogens with one attached hydrogen (secondary N) is 1. The van der Waals surface area contributed by atoms with Gasteiger partial charge in [-0.2, -0.15) is 0 Å². The molecule has 106 valence electrons. The van der Waals surface area contributed by atoms with Gasteiger partial charge in [0, 0.05) is 25.1 Å². The summed E-state index contributed by atoms with van der Waals surface area (Å²) in [6.45, 7) is 5.93. The highest BCUT2D eigenvalue weighted by atomic mass is 32.2. The number of amides is 1. The van der Waals surface area contributed by atoms with E-state index in [1.165, 1.54) is 17.3 Å². The number of imidazole rings is 1. The van der Waals surface area contributed by atoms with Crippen LogP contribution in [0.3, 0.4) is 0 Å². The van der Waals surface area contributed by atoms with Gasteiger partial charge in [-0.1, -0.05) is 29.5 Å². The van der Waals surface area contributed by atoms with Crippen molar-refractivity contribution in [1.29, 1.82) is 0 Å². The van der Waals surface area contributed by atoms with E-state index in [2.05, 4.69) is 16.4 Å². The molecule has 0 aliphatic carbocycles. The molecule has 2 aromatic rings. The second-order valence-corrected chi connectivity index (χ2v) is 6.20. The van der Waals surface area contributed by atoms with Crippen LogP contribution in [0.25, 0.3) is 0 Å². The predicted octanol–water partition coefficient (Wildman–Crippen LogP) is 3.16. The van der Waals surface area contributed by atoms with Crippen LogP contribution in [0.5, 0.6) is 0 Å². The van der Waals surface area contributed by atoms with Crippen LogP contribution in [0.1, 0.15) is 18.1 Å². The molecule has 1 heterocycles. The first-order valence-electron chi connectivity index (χ1n) is 6.49. The minimum atomic E-state index is -0.197. The number of rotatable bonds is 4. The maximum Gasteiger partial charge on any atom is 0.237 e. The molecule has 1 N–H and O–H groups in total. The standard InChI is InChI=1S/C15H19N3OS/c1-10-5-6-13(11(2)9-10)17-14(19)12(3)20-15-16-7-8-18(15)4/h5-9,12H,1-4H3,(H,17,19). The van der Waals surface area contributed by atoms with E-state index in [0.717, 1.165) is 16.4 Å². The molecule has 0 bridgehead atoms. The van der Waals surface area contributed by atoms with E-state index in [1.807, 2.05) is 50.7 Å². The smallest absolute Gasteiger partial charge is 0.237 e. The molecule has 0 saturated heterocycles. The fourth-order valence-electron chi connectivity index (χ4n) is 1.87. The third-order valence-electron chi connectivity index (χ3n) is 3.07. The Bertz CT molecular complexity index is 621. The maximum absolute atomic E-state index is 12.2. The first-order chi connectivity index (χ1) is 9.47. The molecule has 0 saturated carbocycles. The van der Waals surface area contributed by atoms with Gasteiger partial charge in [0.05, 0.1) is 5.25 Å². The molecule has 20 heavy (non-hydrogen) atoms. The monoisotopic (exact) mass is 289 g/mol. The summed E-state index contributed by atoms with van der Waals surface area (Å²) >= 11 is 1.45. The third-order valence-corrected chi connectivity index (χ3v) is 4.24. The van der Waals surface area contributed by atoms with Gasteiger partial charge in [0.1, 0.15) is 0 Å².